The van der Waals surface area contributed by atoms with Crippen molar-refractivity contribution in [2.45, 2.75) is 33.3 Å². The summed E-state index contributed by atoms with van der Waals surface area (Å²) in [6.07, 6.45) is 4.12. The first kappa shape index (κ1) is 13.6. The van der Waals surface area contributed by atoms with Crippen molar-refractivity contribution in [2.75, 3.05) is 18.0 Å². The molecule has 0 aliphatic carbocycles. The zero-order valence-electron chi connectivity index (χ0n) is 11.1. The first-order valence-electron chi connectivity index (χ1n) is 6.62. The molecule has 1 N–H and O–H groups in total. The van der Waals surface area contributed by atoms with Crippen LogP contribution in [0.4, 0.5) is 5.82 Å². The number of piperidine rings is 1. The van der Waals surface area contributed by atoms with Crippen molar-refractivity contribution in [2.24, 2.45) is 11.8 Å². The molecule has 1 fully saturated rings. The van der Waals surface area contributed by atoms with E-state index in [-0.39, 0.29) is 6.61 Å². The highest BCUT2D eigenvalue weighted by molar-refractivity contribution is 6.33. The van der Waals surface area contributed by atoms with Gasteiger partial charge in [0.15, 0.2) is 0 Å². The monoisotopic (exact) mass is 268 g/mol. The first-order valence-corrected chi connectivity index (χ1v) is 7.00. The minimum atomic E-state index is -0.0115. The molecule has 1 aromatic rings. The lowest BCUT2D eigenvalue weighted by atomic mass is 9.87. The maximum absolute atomic E-state index is 9.05. The van der Waals surface area contributed by atoms with Crippen molar-refractivity contribution >= 4 is 17.4 Å². The minimum Gasteiger partial charge on any atom is -0.392 e. The highest BCUT2D eigenvalue weighted by Gasteiger charge is 2.23. The summed E-state index contributed by atoms with van der Waals surface area (Å²) >= 11 is 6.23. The van der Waals surface area contributed by atoms with E-state index in [1.165, 1.54) is 12.8 Å². The second-order valence-electron chi connectivity index (χ2n) is 5.38. The van der Waals surface area contributed by atoms with E-state index in [4.69, 9.17) is 16.7 Å². The number of aliphatic hydroxyl groups is 1. The molecule has 1 saturated heterocycles. The van der Waals surface area contributed by atoms with Crippen LogP contribution in [0.25, 0.3) is 0 Å². The van der Waals surface area contributed by atoms with Gasteiger partial charge in [-0.3, -0.25) is 0 Å². The molecule has 18 heavy (non-hydrogen) atoms. The van der Waals surface area contributed by atoms with E-state index in [2.05, 4.69) is 23.7 Å². The van der Waals surface area contributed by atoms with Gasteiger partial charge in [0, 0.05) is 19.3 Å². The quantitative estimate of drug-likeness (QED) is 0.915. The fourth-order valence-corrected chi connectivity index (χ4v) is 2.88. The Labute approximate surface area is 114 Å². The molecule has 1 aliphatic heterocycles. The van der Waals surface area contributed by atoms with Crippen molar-refractivity contribution < 1.29 is 5.11 Å². The Bertz CT molecular complexity index is 401. The zero-order chi connectivity index (χ0) is 13.1. The average molecular weight is 269 g/mol. The van der Waals surface area contributed by atoms with Crippen molar-refractivity contribution in [3.63, 3.8) is 0 Å². The number of aromatic nitrogens is 1. The second kappa shape index (κ2) is 5.89. The summed E-state index contributed by atoms with van der Waals surface area (Å²) in [5.41, 5.74) is 0.765. The van der Waals surface area contributed by atoms with Crippen molar-refractivity contribution in [1.29, 1.82) is 0 Å². The lowest BCUT2D eigenvalue weighted by molar-refractivity contribution is 0.281. The number of hydrogen-bond acceptors (Lipinski definition) is 3. The third-order valence-electron chi connectivity index (χ3n) is 3.84. The molecule has 0 bridgehead atoms. The second-order valence-corrected chi connectivity index (χ2v) is 5.78. The molecule has 0 amide bonds. The number of pyridine rings is 1. The largest absolute Gasteiger partial charge is 0.392 e. The molecular formula is C14H21ClN2O. The number of aliphatic hydroxyl groups excluding tert-OH is 1. The molecule has 0 atom stereocenters. The lowest BCUT2D eigenvalue weighted by Gasteiger charge is -2.35. The predicted molar refractivity (Wildman–Crippen MR) is 74.9 cm³/mol. The summed E-state index contributed by atoms with van der Waals surface area (Å²) in [6, 6.07) is 1.80. The van der Waals surface area contributed by atoms with Crippen LogP contribution in [0.2, 0.25) is 5.02 Å². The molecule has 0 saturated carbocycles. The Morgan fingerprint density at radius 3 is 2.61 bits per heavy atom. The van der Waals surface area contributed by atoms with Crippen LogP contribution in [0.3, 0.4) is 0 Å². The molecule has 1 aromatic heterocycles. The topological polar surface area (TPSA) is 36.4 Å². The highest BCUT2D eigenvalue weighted by Crippen LogP contribution is 2.30. The van der Waals surface area contributed by atoms with E-state index < -0.39 is 0 Å². The fraction of sp³-hybridized carbons (Fsp3) is 0.643. The van der Waals surface area contributed by atoms with Crippen LogP contribution in [-0.4, -0.2) is 23.2 Å². The molecule has 3 nitrogen and oxygen atoms in total. The van der Waals surface area contributed by atoms with Gasteiger partial charge in [0.05, 0.1) is 11.6 Å². The van der Waals surface area contributed by atoms with Crippen LogP contribution in [0, 0.1) is 11.8 Å². The lowest BCUT2D eigenvalue weighted by Crippen LogP contribution is -2.35. The third-order valence-corrected chi connectivity index (χ3v) is 4.12. The van der Waals surface area contributed by atoms with Crippen molar-refractivity contribution in [3.8, 4) is 0 Å². The standard InChI is InChI=1S/C14H21ClN2O/c1-10(2)12-3-5-17(6-4-12)14-13(15)7-11(9-18)8-16-14/h7-8,10,12,18H,3-6,9H2,1-2H3. The van der Waals surface area contributed by atoms with Gasteiger partial charge in [0.2, 0.25) is 0 Å². The van der Waals surface area contributed by atoms with Crippen LogP contribution in [0.5, 0.6) is 0 Å². The molecule has 0 aromatic carbocycles. The summed E-state index contributed by atoms with van der Waals surface area (Å²) < 4.78 is 0. The fourth-order valence-electron chi connectivity index (χ4n) is 2.57. The third kappa shape index (κ3) is 2.96. The van der Waals surface area contributed by atoms with Gasteiger partial charge in [-0.15, -0.1) is 0 Å². The van der Waals surface area contributed by atoms with E-state index >= 15 is 0 Å². The molecular weight excluding hydrogens is 248 g/mol. The SMILES string of the molecule is CC(C)C1CCN(c2ncc(CO)cc2Cl)CC1. The Kier molecular flexibility index (Phi) is 4.46. The molecule has 2 rings (SSSR count). The van der Waals surface area contributed by atoms with Gasteiger partial charge in [-0.2, -0.15) is 0 Å². The maximum Gasteiger partial charge on any atom is 0.147 e. The van der Waals surface area contributed by atoms with Crippen LogP contribution < -0.4 is 4.90 Å². The summed E-state index contributed by atoms with van der Waals surface area (Å²) in [5, 5.41) is 9.69. The van der Waals surface area contributed by atoms with Gasteiger partial charge >= 0.3 is 0 Å². The molecule has 2 heterocycles. The van der Waals surface area contributed by atoms with E-state index in [9.17, 15) is 0 Å². The summed E-state index contributed by atoms with van der Waals surface area (Å²) in [5.74, 6) is 2.43. The number of rotatable bonds is 3. The Morgan fingerprint density at radius 2 is 2.11 bits per heavy atom. The predicted octanol–water partition coefficient (Wildman–Crippen LogP) is 3.10. The number of hydrogen-bond donors (Lipinski definition) is 1. The average Bonchev–Trinajstić information content (AvgIpc) is 2.38. The highest BCUT2D eigenvalue weighted by atomic mass is 35.5. The van der Waals surface area contributed by atoms with Gasteiger partial charge in [0.25, 0.3) is 0 Å². The summed E-state index contributed by atoms with van der Waals surface area (Å²) in [6.45, 7) is 6.62. The molecule has 1 aliphatic rings. The van der Waals surface area contributed by atoms with Crippen LogP contribution in [-0.2, 0) is 6.61 Å². The number of anilines is 1. The summed E-state index contributed by atoms with van der Waals surface area (Å²) in [4.78, 5) is 6.63. The van der Waals surface area contributed by atoms with E-state index in [0.717, 1.165) is 36.3 Å². The Hall–Kier alpha value is -0.800. The molecule has 0 spiro atoms. The Balaban J connectivity index is 2.05. The van der Waals surface area contributed by atoms with E-state index in [1.54, 1.807) is 12.3 Å². The normalized spacial score (nSPS) is 17.5. The van der Waals surface area contributed by atoms with Gasteiger partial charge in [0.1, 0.15) is 5.82 Å². The maximum atomic E-state index is 9.05. The van der Waals surface area contributed by atoms with Gasteiger partial charge in [-0.25, -0.2) is 4.98 Å². The van der Waals surface area contributed by atoms with Gasteiger partial charge in [-0.1, -0.05) is 25.4 Å². The minimum absolute atomic E-state index is 0.0115. The smallest absolute Gasteiger partial charge is 0.147 e. The molecule has 4 heteroatoms. The first-order chi connectivity index (χ1) is 8.61. The van der Waals surface area contributed by atoms with Crippen LogP contribution >= 0.6 is 11.6 Å². The van der Waals surface area contributed by atoms with Crippen molar-refractivity contribution in [1.82, 2.24) is 4.98 Å². The number of halogens is 1. The molecule has 0 radical (unpaired) electrons. The van der Waals surface area contributed by atoms with E-state index in [0.29, 0.717) is 5.02 Å². The molecule has 100 valence electrons. The van der Waals surface area contributed by atoms with Crippen molar-refractivity contribution in [3.05, 3.63) is 22.8 Å². The Morgan fingerprint density at radius 1 is 1.44 bits per heavy atom. The molecule has 0 unspecified atom stereocenters. The van der Waals surface area contributed by atoms with Gasteiger partial charge < -0.3 is 10.0 Å². The van der Waals surface area contributed by atoms with Crippen LogP contribution in [0.15, 0.2) is 12.3 Å². The number of nitrogens with zero attached hydrogens (tertiary/aromatic N) is 2. The summed E-state index contributed by atoms with van der Waals surface area (Å²) in [7, 11) is 0. The van der Waals surface area contributed by atoms with Crippen LogP contribution in [0.1, 0.15) is 32.3 Å². The zero-order valence-corrected chi connectivity index (χ0v) is 11.8. The van der Waals surface area contributed by atoms with Gasteiger partial charge in [-0.05, 0) is 36.3 Å². The van der Waals surface area contributed by atoms with E-state index in [1.807, 2.05) is 0 Å².